The lowest BCUT2D eigenvalue weighted by Crippen LogP contribution is -2.43. The Morgan fingerprint density at radius 1 is 1.07 bits per heavy atom. The van der Waals surface area contributed by atoms with E-state index in [1.165, 1.54) is 0 Å². The molecule has 1 saturated heterocycles. The fourth-order valence-corrected chi connectivity index (χ4v) is 5.02. The van der Waals surface area contributed by atoms with Crippen molar-refractivity contribution in [3.8, 4) is 0 Å². The van der Waals surface area contributed by atoms with Crippen molar-refractivity contribution in [2.75, 3.05) is 18.8 Å². The van der Waals surface area contributed by atoms with E-state index in [1.807, 2.05) is 38.8 Å². The number of carbonyl (C=O) groups is 2. The molecular formula is C22H31N3O2S. The number of carbonyl (C=O) groups excluding carboxylic acids is 2. The second kappa shape index (κ2) is 9.03. The Morgan fingerprint density at radius 2 is 1.71 bits per heavy atom. The molecule has 2 amide bonds. The highest BCUT2D eigenvalue weighted by Gasteiger charge is 2.22. The van der Waals surface area contributed by atoms with Gasteiger partial charge in [-0.25, -0.2) is 0 Å². The lowest BCUT2D eigenvalue weighted by Gasteiger charge is -2.30. The summed E-state index contributed by atoms with van der Waals surface area (Å²) >= 11 is 1.56. The van der Waals surface area contributed by atoms with Crippen LogP contribution in [0, 0.1) is 0 Å². The molecule has 1 aliphatic rings. The number of likely N-dealkylation sites (tertiary alicyclic amines) is 1. The van der Waals surface area contributed by atoms with Gasteiger partial charge in [-0.15, -0.1) is 11.8 Å². The fraction of sp³-hybridized carbons (Fsp3) is 0.545. The lowest BCUT2D eigenvalue weighted by atomic mass is 10.2. The summed E-state index contributed by atoms with van der Waals surface area (Å²) in [6, 6.07) is 8.50. The van der Waals surface area contributed by atoms with Gasteiger partial charge in [0, 0.05) is 47.2 Å². The Kier molecular flexibility index (Phi) is 6.70. The Morgan fingerprint density at radius 3 is 2.36 bits per heavy atom. The maximum absolute atomic E-state index is 12.7. The molecule has 2 aromatic rings. The standard InChI is InChI=1S/C22H31N3O2S/c1-16(2)25(17(3)4)22(27)15-28-20-13-24(19-10-6-5-9-18(19)20)14-21(26)23-11-7-8-12-23/h5-6,9-10,13,16-17H,7-8,11-12,14-15H2,1-4H3. The van der Waals surface area contributed by atoms with Crippen LogP contribution in [-0.4, -0.2) is 57.1 Å². The molecule has 28 heavy (non-hydrogen) atoms. The monoisotopic (exact) mass is 401 g/mol. The number of hydrogen-bond acceptors (Lipinski definition) is 3. The van der Waals surface area contributed by atoms with E-state index >= 15 is 0 Å². The van der Waals surface area contributed by atoms with Crippen molar-refractivity contribution in [3.63, 3.8) is 0 Å². The molecular weight excluding hydrogens is 370 g/mol. The van der Waals surface area contributed by atoms with E-state index in [0.717, 1.165) is 41.7 Å². The molecule has 2 heterocycles. The van der Waals surface area contributed by atoms with Gasteiger partial charge in [-0.05, 0) is 46.6 Å². The molecule has 3 rings (SSSR count). The number of aromatic nitrogens is 1. The normalized spacial score (nSPS) is 14.4. The van der Waals surface area contributed by atoms with Crippen LogP contribution in [0.1, 0.15) is 40.5 Å². The Bertz CT molecular complexity index is 829. The minimum absolute atomic E-state index is 0.153. The second-order valence-corrected chi connectivity index (χ2v) is 9.02. The zero-order valence-corrected chi connectivity index (χ0v) is 18.2. The van der Waals surface area contributed by atoms with Gasteiger partial charge in [0.25, 0.3) is 0 Å². The van der Waals surface area contributed by atoms with E-state index in [2.05, 4.69) is 33.8 Å². The predicted molar refractivity (Wildman–Crippen MR) is 116 cm³/mol. The number of hydrogen-bond donors (Lipinski definition) is 0. The first-order valence-corrected chi connectivity index (χ1v) is 11.2. The largest absolute Gasteiger partial charge is 0.341 e. The van der Waals surface area contributed by atoms with E-state index < -0.39 is 0 Å². The van der Waals surface area contributed by atoms with Crippen molar-refractivity contribution in [3.05, 3.63) is 30.5 Å². The van der Waals surface area contributed by atoms with Gasteiger partial charge >= 0.3 is 0 Å². The van der Waals surface area contributed by atoms with Crippen molar-refractivity contribution in [1.82, 2.24) is 14.4 Å². The third kappa shape index (κ3) is 4.54. The first-order valence-electron chi connectivity index (χ1n) is 10.2. The van der Waals surface area contributed by atoms with Crippen LogP contribution in [0.3, 0.4) is 0 Å². The topological polar surface area (TPSA) is 45.6 Å². The molecule has 0 aliphatic carbocycles. The molecule has 1 aromatic heterocycles. The Balaban J connectivity index is 1.76. The van der Waals surface area contributed by atoms with E-state index in [4.69, 9.17) is 0 Å². The van der Waals surface area contributed by atoms with Gasteiger partial charge < -0.3 is 14.4 Å². The zero-order valence-electron chi connectivity index (χ0n) is 17.4. The summed E-state index contributed by atoms with van der Waals surface area (Å²) < 4.78 is 2.03. The summed E-state index contributed by atoms with van der Waals surface area (Å²) in [7, 11) is 0. The van der Waals surface area contributed by atoms with Gasteiger partial charge in [-0.1, -0.05) is 18.2 Å². The van der Waals surface area contributed by atoms with Gasteiger partial charge in [-0.2, -0.15) is 0 Å². The predicted octanol–water partition coefficient (Wildman–Crippen LogP) is 4.00. The zero-order chi connectivity index (χ0) is 20.3. The quantitative estimate of drug-likeness (QED) is 0.659. The minimum atomic E-state index is 0.153. The molecule has 1 aliphatic heterocycles. The van der Waals surface area contributed by atoms with Crippen LogP contribution in [0.2, 0.25) is 0 Å². The third-order valence-corrected chi connectivity index (χ3v) is 6.30. The first kappa shape index (κ1) is 20.8. The molecule has 0 spiro atoms. The van der Waals surface area contributed by atoms with Gasteiger partial charge in [0.05, 0.1) is 5.75 Å². The molecule has 0 atom stereocenters. The Labute approximate surface area is 172 Å². The van der Waals surface area contributed by atoms with E-state index in [1.54, 1.807) is 11.8 Å². The van der Waals surface area contributed by atoms with Gasteiger partial charge in [0.1, 0.15) is 6.54 Å². The summed E-state index contributed by atoms with van der Waals surface area (Å²) in [4.78, 5) is 30.3. The summed E-state index contributed by atoms with van der Waals surface area (Å²) in [6.45, 7) is 10.3. The SMILES string of the molecule is CC(C)N(C(=O)CSc1cn(CC(=O)N2CCCC2)c2ccccc12)C(C)C. The van der Waals surface area contributed by atoms with Crippen LogP contribution in [0.25, 0.3) is 10.9 Å². The number of nitrogens with zero attached hydrogens (tertiary/aromatic N) is 3. The number of thioether (sulfide) groups is 1. The van der Waals surface area contributed by atoms with Gasteiger partial charge in [0.15, 0.2) is 0 Å². The second-order valence-electron chi connectivity index (χ2n) is 8.00. The summed E-state index contributed by atoms with van der Waals surface area (Å²) in [5, 5.41) is 1.11. The number of rotatable bonds is 7. The molecule has 0 saturated carbocycles. The molecule has 0 N–H and O–H groups in total. The average Bonchev–Trinajstić information content (AvgIpc) is 3.28. The molecule has 0 radical (unpaired) electrons. The fourth-order valence-electron chi connectivity index (χ4n) is 4.06. The van der Waals surface area contributed by atoms with Crippen molar-refractivity contribution in [2.24, 2.45) is 0 Å². The number of para-hydroxylation sites is 1. The number of amides is 2. The van der Waals surface area contributed by atoms with Crippen molar-refractivity contribution in [1.29, 1.82) is 0 Å². The maximum atomic E-state index is 12.7. The average molecular weight is 402 g/mol. The van der Waals surface area contributed by atoms with Gasteiger partial charge in [-0.3, -0.25) is 9.59 Å². The number of benzene rings is 1. The van der Waals surface area contributed by atoms with E-state index in [9.17, 15) is 9.59 Å². The highest BCUT2D eigenvalue weighted by molar-refractivity contribution is 8.00. The minimum Gasteiger partial charge on any atom is -0.341 e. The van der Waals surface area contributed by atoms with Crippen LogP contribution in [-0.2, 0) is 16.1 Å². The van der Waals surface area contributed by atoms with E-state index in [-0.39, 0.29) is 23.9 Å². The van der Waals surface area contributed by atoms with Crippen LogP contribution in [0.15, 0.2) is 35.4 Å². The van der Waals surface area contributed by atoms with Crippen LogP contribution in [0.5, 0.6) is 0 Å². The van der Waals surface area contributed by atoms with Crippen LogP contribution >= 0.6 is 11.8 Å². The maximum Gasteiger partial charge on any atom is 0.242 e. The summed E-state index contributed by atoms with van der Waals surface area (Å²) in [6.07, 6.45) is 4.23. The Hall–Kier alpha value is -1.95. The smallest absolute Gasteiger partial charge is 0.242 e. The molecule has 0 unspecified atom stereocenters. The van der Waals surface area contributed by atoms with Crippen molar-refractivity contribution in [2.45, 2.75) is 64.1 Å². The van der Waals surface area contributed by atoms with Crippen molar-refractivity contribution >= 4 is 34.5 Å². The molecule has 1 aromatic carbocycles. The lowest BCUT2D eigenvalue weighted by molar-refractivity contribution is -0.132. The molecule has 1 fully saturated rings. The van der Waals surface area contributed by atoms with Gasteiger partial charge in [0.2, 0.25) is 11.8 Å². The third-order valence-electron chi connectivity index (χ3n) is 5.27. The molecule has 0 bridgehead atoms. The molecule has 152 valence electrons. The van der Waals surface area contributed by atoms with Crippen LogP contribution < -0.4 is 0 Å². The van der Waals surface area contributed by atoms with Crippen LogP contribution in [0.4, 0.5) is 0 Å². The first-order chi connectivity index (χ1) is 13.4. The van der Waals surface area contributed by atoms with E-state index in [0.29, 0.717) is 12.3 Å². The highest BCUT2D eigenvalue weighted by Crippen LogP contribution is 2.30. The summed E-state index contributed by atoms with van der Waals surface area (Å²) in [5.74, 6) is 0.737. The van der Waals surface area contributed by atoms with Crippen molar-refractivity contribution < 1.29 is 9.59 Å². The highest BCUT2D eigenvalue weighted by atomic mass is 32.2. The molecule has 5 nitrogen and oxygen atoms in total. The molecule has 6 heteroatoms. The number of fused-ring (bicyclic) bond motifs is 1. The summed E-state index contributed by atoms with van der Waals surface area (Å²) in [5.41, 5.74) is 1.05.